The number of phosphoric ester groups is 1. The molecule has 3 atom stereocenters. The molecule has 0 rings (SSSR count). The molecule has 0 aromatic heterocycles. The Balaban J connectivity index is 4.30. The van der Waals surface area contributed by atoms with E-state index in [9.17, 15) is 24.4 Å². The van der Waals surface area contributed by atoms with Gasteiger partial charge in [0.15, 0.2) is 6.10 Å². The number of esters is 2. The molecule has 0 aliphatic heterocycles. The van der Waals surface area contributed by atoms with Gasteiger partial charge < -0.3 is 29.5 Å². The third-order valence-corrected chi connectivity index (χ3v) is 8.58. The van der Waals surface area contributed by atoms with Crippen molar-refractivity contribution in [2.75, 3.05) is 13.2 Å². The van der Waals surface area contributed by atoms with Crippen LogP contribution in [0, 0.1) is 0 Å². The lowest BCUT2D eigenvalue weighted by molar-refractivity contribution is -0.161. The molecule has 0 saturated heterocycles. The number of carbonyl (C=O) groups excluding carboxylic acids is 2. The predicted octanol–water partition coefficient (Wildman–Crippen LogP) is 10.0. The Morgan fingerprint density at radius 1 is 0.574 bits per heavy atom. The fraction of sp³-hybridized carbons (Fsp3) is 0.628. The molecule has 0 fully saturated rings. The minimum absolute atomic E-state index is 0.119. The summed E-state index contributed by atoms with van der Waals surface area (Å²) in [7, 11) is -4.85. The lowest BCUT2D eigenvalue weighted by atomic mass is 10.0. The van der Waals surface area contributed by atoms with Crippen LogP contribution in [-0.2, 0) is 28.2 Å². The van der Waals surface area contributed by atoms with Crippen molar-refractivity contribution in [2.45, 2.75) is 161 Å². The maximum Gasteiger partial charge on any atom is 0.469 e. The molecule has 54 heavy (non-hydrogen) atoms. The van der Waals surface area contributed by atoms with Gasteiger partial charge in [0.2, 0.25) is 0 Å². The highest BCUT2D eigenvalue weighted by atomic mass is 31.2. The Hall–Kier alpha value is -2.85. The van der Waals surface area contributed by atoms with Crippen LogP contribution in [0.2, 0.25) is 0 Å². The van der Waals surface area contributed by atoms with Crippen LogP contribution in [0.5, 0.6) is 0 Å². The number of aliphatic hydroxyl groups is 2. The molecule has 0 amide bonds. The molecule has 0 aliphatic carbocycles. The van der Waals surface area contributed by atoms with Crippen LogP contribution in [0.4, 0.5) is 0 Å². The van der Waals surface area contributed by atoms with E-state index in [0.717, 1.165) is 38.5 Å². The quantitative estimate of drug-likeness (QED) is 0.0211. The van der Waals surface area contributed by atoms with E-state index in [-0.39, 0.29) is 32.1 Å². The molecule has 0 heterocycles. The number of unbranched alkanes of at least 4 members (excludes halogenated alkanes) is 7. The minimum Gasteiger partial charge on any atom is -0.462 e. The number of allylic oxidation sites excluding steroid dienone is 13. The zero-order chi connectivity index (χ0) is 40.0. The standard InChI is InChI=1S/C43H71O10P/c1-3-5-7-9-11-13-15-17-18-19-20-21-23-25-27-29-31-35-42(46)51-37-39(38-52-54(48,49)50)53-43(47)36-32-34-41(45)40(44)33-30-28-26-24-22-16-14-12-10-8-6-4-2/h6,8,12,14,17-18,20-22,24-25,27-28,30,39-41,44-45H,3-5,7,9-11,13,15-16,19,23,26,29,31-38H2,1-2H3,(H2,48,49,50)/b8-6-,14-12-,18-17-,21-20-,24-22-,27-25-,30-28-/t39-,40-,41-/m1/s1. The van der Waals surface area contributed by atoms with Gasteiger partial charge in [-0.25, -0.2) is 4.57 Å². The largest absolute Gasteiger partial charge is 0.469 e. The van der Waals surface area contributed by atoms with Crippen LogP contribution in [0.15, 0.2) is 85.1 Å². The Kier molecular flexibility index (Phi) is 35.1. The number of phosphoric acid groups is 1. The summed E-state index contributed by atoms with van der Waals surface area (Å²) in [5.74, 6) is -1.24. The lowest BCUT2D eigenvalue weighted by Crippen LogP contribution is -2.30. The van der Waals surface area contributed by atoms with Crippen molar-refractivity contribution in [1.82, 2.24) is 0 Å². The molecule has 0 unspecified atom stereocenters. The molecule has 0 radical (unpaired) electrons. The highest BCUT2D eigenvalue weighted by Gasteiger charge is 2.23. The second-order valence-electron chi connectivity index (χ2n) is 13.2. The van der Waals surface area contributed by atoms with Crippen LogP contribution < -0.4 is 0 Å². The third kappa shape index (κ3) is 37.5. The van der Waals surface area contributed by atoms with E-state index in [0.29, 0.717) is 19.3 Å². The van der Waals surface area contributed by atoms with E-state index in [1.165, 1.54) is 38.5 Å². The number of hydrogen-bond acceptors (Lipinski definition) is 8. The van der Waals surface area contributed by atoms with Gasteiger partial charge in [0.1, 0.15) is 6.61 Å². The van der Waals surface area contributed by atoms with Crippen LogP contribution in [0.25, 0.3) is 0 Å². The maximum atomic E-state index is 12.4. The second kappa shape index (κ2) is 37.1. The van der Waals surface area contributed by atoms with E-state index >= 15 is 0 Å². The first-order valence-corrected chi connectivity index (χ1v) is 21.6. The van der Waals surface area contributed by atoms with Gasteiger partial charge in [-0.05, 0) is 83.5 Å². The van der Waals surface area contributed by atoms with Crippen LogP contribution in [0.3, 0.4) is 0 Å². The van der Waals surface area contributed by atoms with Gasteiger partial charge in [0, 0.05) is 12.8 Å². The Morgan fingerprint density at radius 3 is 1.65 bits per heavy atom. The van der Waals surface area contributed by atoms with E-state index < -0.39 is 51.3 Å². The molecule has 0 spiro atoms. The molecule has 0 aliphatic rings. The molecule has 0 aromatic carbocycles. The molecule has 0 aromatic rings. The Bertz CT molecular complexity index is 1180. The fourth-order valence-corrected chi connectivity index (χ4v) is 5.36. The smallest absolute Gasteiger partial charge is 0.462 e. The van der Waals surface area contributed by atoms with Crippen molar-refractivity contribution in [1.29, 1.82) is 0 Å². The summed E-state index contributed by atoms with van der Waals surface area (Å²) in [4.78, 5) is 42.8. The number of rotatable bonds is 35. The van der Waals surface area contributed by atoms with Crippen molar-refractivity contribution < 1.29 is 48.2 Å². The lowest BCUT2D eigenvalue weighted by Gasteiger charge is -2.19. The maximum absolute atomic E-state index is 12.4. The number of hydrogen-bond donors (Lipinski definition) is 4. The van der Waals surface area contributed by atoms with Crippen LogP contribution in [-0.4, -0.2) is 63.5 Å². The molecule has 10 nitrogen and oxygen atoms in total. The first kappa shape index (κ1) is 51.1. The average Bonchev–Trinajstić information content (AvgIpc) is 3.13. The predicted molar refractivity (Wildman–Crippen MR) is 219 cm³/mol. The second-order valence-corrected chi connectivity index (χ2v) is 14.4. The van der Waals surface area contributed by atoms with Gasteiger partial charge >= 0.3 is 19.8 Å². The first-order chi connectivity index (χ1) is 26.1. The van der Waals surface area contributed by atoms with Gasteiger partial charge in [-0.3, -0.25) is 14.1 Å². The monoisotopic (exact) mass is 778 g/mol. The van der Waals surface area contributed by atoms with E-state index in [1.807, 2.05) is 24.3 Å². The first-order valence-electron chi connectivity index (χ1n) is 20.0. The Labute approximate surface area is 326 Å². The minimum atomic E-state index is -4.85. The van der Waals surface area contributed by atoms with E-state index in [1.54, 1.807) is 6.08 Å². The molecule has 11 heteroatoms. The Morgan fingerprint density at radius 2 is 1.07 bits per heavy atom. The molecule has 0 bridgehead atoms. The summed E-state index contributed by atoms with van der Waals surface area (Å²) in [5.41, 5.74) is 0. The van der Waals surface area contributed by atoms with Crippen molar-refractivity contribution in [2.24, 2.45) is 0 Å². The van der Waals surface area contributed by atoms with Crippen LogP contribution in [0.1, 0.15) is 142 Å². The topological polar surface area (TPSA) is 160 Å². The van der Waals surface area contributed by atoms with E-state index in [4.69, 9.17) is 19.3 Å². The normalized spacial score (nSPS) is 14.6. The van der Waals surface area contributed by atoms with Crippen molar-refractivity contribution in [3.63, 3.8) is 0 Å². The van der Waals surface area contributed by atoms with Crippen LogP contribution >= 0.6 is 7.82 Å². The van der Waals surface area contributed by atoms with Gasteiger partial charge in [-0.1, -0.05) is 131 Å². The average molecular weight is 779 g/mol. The molecular formula is C43H71O10P. The van der Waals surface area contributed by atoms with Crippen molar-refractivity contribution in [3.05, 3.63) is 85.1 Å². The SMILES string of the molecule is CC/C=C\C/C=C\C/C=C\C/C=C\C[C@@H](O)[C@H](O)CCCC(=O)O[C@H](COC(=O)CCC/C=C\C/C=C\C/C=C\CCCCCCCC)COP(=O)(O)O. The summed E-state index contributed by atoms with van der Waals surface area (Å²) < 4.78 is 26.1. The third-order valence-electron chi connectivity index (χ3n) is 8.10. The number of aliphatic hydroxyl groups excluding tert-OH is 2. The summed E-state index contributed by atoms with van der Waals surface area (Å²) >= 11 is 0. The summed E-state index contributed by atoms with van der Waals surface area (Å²) in [6, 6.07) is 0. The van der Waals surface area contributed by atoms with Gasteiger partial charge in [-0.2, -0.15) is 0 Å². The zero-order valence-corrected chi connectivity index (χ0v) is 34.0. The molecule has 0 saturated carbocycles. The fourth-order valence-electron chi connectivity index (χ4n) is 5.00. The highest BCUT2D eigenvalue weighted by molar-refractivity contribution is 7.46. The van der Waals surface area contributed by atoms with Crippen molar-refractivity contribution in [3.8, 4) is 0 Å². The molecule has 4 N–H and O–H groups in total. The number of ether oxygens (including phenoxy) is 2. The zero-order valence-electron chi connectivity index (χ0n) is 33.1. The van der Waals surface area contributed by atoms with Gasteiger partial charge in [-0.15, -0.1) is 0 Å². The highest BCUT2D eigenvalue weighted by Crippen LogP contribution is 2.36. The summed E-state index contributed by atoms with van der Waals surface area (Å²) in [6.45, 7) is 3.25. The summed E-state index contributed by atoms with van der Waals surface area (Å²) in [6.07, 6.45) is 42.0. The number of carbonyl (C=O) groups is 2. The molecular weight excluding hydrogens is 707 g/mol. The summed E-state index contributed by atoms with van der Waals surface area (Å²) in [5, 5.41) is 20.5. The molecule has 308 valence electrons. The van der Waals surface area contributed by atoms with Crippen molar-refractivity contribution >= 4 is 19.8 Å². The van der Waals surface area contributed by atoms with Gasteiger partial charge in [0.25, 0.3) is 0 Å². The van der Waals surface area contributed by atoms with E-state index in [2.05, 4.69) is 73.1 Å². The van der Waals surface area contributed by atoms with Gasteiger partial charge in [0.05, 0.1) is 18.8 Å².